The van der Waals surface area contributed by atoms with Crippen LogP contribution < -0.4 is 5.32 Å². The predicted octanol–water partition coefficient (Wildman–Crippen LogP) is 3.90. The van der Waals surface area contributed by atoms with Gasteiger partial charge in [-0.05, 0) is 48.2 Å². The summed E-state index contributed by atoms with van der Waals surface area (Å²) in [7, 11) is 1.82. The molecule has 31 heavy (non-hydrogen) atoms. The quantitative estimate of drug-likeness (QED) is 0.488. The van der Waals surface area contributed by atoms with Gasteiger partial charge in [-0.1, -0.05) is 29.8 Å². The van der Waals surface area contributed by atoms with Gasteiger partial charge in [0.1, 0.15) is 11.5 Å². The fourth-order valence-corrected chi connectivity index (χ4v) is 3.61. The van der Waals surface area contributed by atoms with Crippen LogP contribution in [0.2, 0.25) is 5.02 Å². The molecule has 1 aromatic heterocycles. The topological polar surface area (TPSA) is 80.6 Å². The van der Waals surface area contributed by atoms with Gasteiger partial charge in [0.2, 0.25) is 0 Å². The van der Waals surface area contributed by atoms with E-state index in [-0.39, 0.29) is 25.5 Å². The highest BCUT2D eigenvalue weighted by molar-refractivity contribution is 6.36. The largest absolute Gasteiger partial charge is 0.481 e. The average molecular weight is 447 g/mol. The van der Waals surface area contributed by atoms with Gasteiger partial charge in [-0.25, -0.2) is 4.39 Å². The third-order valence-corrected chi connectivity index (χ3v) is 5.61. The Morgan fingerprint density at radius 3 is 2.68 bits per heavy atom. The van der Waals surface area contributed by atoms with Gasteiger partial charge in [-0.3, -0.25) is 9.59 Å². The van der Waals surface area contributed by atoms with Crippen LogP contribution in [-0.2, 0) is 29.4 Å². The van der Waals surface area contributed by atoms with Crippen molar-refractivity contribution in [1.29, 1.82) is 0 Å². The van der Waals surface area contributed by atoms with Gasteiger partial charge >= 0.3 is 5.97 Å². The molecule has 0 unspecified atom stereocenters. The normalized spacial score (nSPS) is 11.1. The Kier molecular flexibility index (Phi) is 7.30. The molecule has 0 aliphatic rings. The van der Waals surface area contributed by atoms with E-state index in [1.54, 1.807) is 22.8 Å². The van der Waals surface area contributed by atoms with Crippen LogP contribution in [0.4, 0.5) is 4.39 Å². The van der Waals surface area contributed by atoms with E-state index in [1.165, 1.54) is 6.07 Å². The van der Waals surface area contributed by atoms with Crippen molar-refractivity contribution in [3.05, 3.63) is 69.6 Å². The standard InChI is InChI=1S/C23H24ClFN2O4/c1-14-3-6-19-17(22(14)24)13-20(27(19)2)23(30)26-8-10-31-9-7-16-5-4-15(11-18(16)25)12-21(28)29/h3-6,11,13H,7-10,12H2,1-2H3,(H,26,30)(H,28,29). The van der Waals surface area contributed by atoms with Crippen LogP contribution >= 0.6 is 11.6 Å². The van der Waals surface area contributed by atoms with Crippen LogP contribution in [0.15, 0.2) is 36.4 Å². The van der Waals surface area contributed by atoms with Gasteiger partial charge in [-0.15, -0.1) is 0 Å². The Bertz CT molecular complexity index is 1130. The second kappa shape index (κ2) is 9.94. The second-order valence-corrected chi connectivity index (χ2v) is 7.71. The predicted molar refractivity (Wildman–Crippen MR) is 117 cm³/mol. The maximum absolute atomic E-state index is 14.0. The third-order valence-electron chi connectivity index (χ3n) is 5.11. The summed E-state index contributed by atoms with van der Waals surface area (Å²) in [6.07, 6.45) is 0.143. The van der Waals surface area contributed by atoms with Crippen LogP contribution in [-0.4, -0.2) is 41.3 Å². The highest BCUT2D eigenvalue weighted by Gasteiger charge is 2.15. The molecule has 0 aliphatic carbocycles. The van der Waals surface area contributed by atoms with Crippen molar-refractivity contribution >= 4 is 34.4 Å². The number of carboxylic acids is 1. The van der Waals surface area contributed by atoms with Crippen molar-refractivity contribution in [2.45, 2.75) is 19.8 Å². The molecular formula is C23H24ClFN2O4. The number of carbonyl (C=O) groups is 2. The van der Waals surface area contributed by atoms with E-state index in [9.17, 15) is 14.0 Å². The van der Waals surface area contributed by atoms with Crippen molar-refractivity contribution < 1.29 is 23.8 Å². The molecule has 0 bridgehead atoms. The number of carboxylic acid groups (broad SMARTS) is 1. The van der Waals surface area contributed by atoms with Crippen LogP contribution in [0.1, 0.15) is 27.2 Å². The summed E-state index contributed by atoms with van der Waals surface area (Å²) in [5.41, 5.74) is 3.22. The van der Waals surface area contributed by atoms with Crippen molar-refractivity contribution in [2.24, 2.45) is 7.05 Å². The number of aryl methyl sites for hydroxylation is 2. The number of carbonyl (C=O) groups excluding carboxylic acids is 1. The van der Waals surface area contributed by atoms with Crippen molar-refractivity contribution in [3.8, 4) is 0 Å². The highest BCUT2D eigenvalue weighted by atomic mass is 35.5. The van der Waals surface area contributed by atoms with Crippen LogP contribution in [0.25, 0.3) is 10.9 Å². The lowest BCUT2D eigenvalue weighted by Crippen LogP contribution is -2.28. The maximum atomic E-state index is 14.0. The van der Waals surface area contributed by atoms with Gasteiger partial charge in [0.25, 0.3) is 5.91 Å². The van der Waals surface area contributed by atoms with Crippen molar-refractivity contribution in [2.75, 3.05) is 19.8 Å². The molecule has 0 atom stereocenters. The lowest BCUT2D eigenvalue weighted by atomic mass is 10.1. The molecule has 0 aliphatic heterocycles. The molecule has 3 rings (SSSR count). The first-order valence-electron chi connectivity index (χ1n) is 9.87. The number of ether oxygens (including phenoxy) is 1. The van der Waals surface area contributed by atoms with E-state index in [1.807, 2.05) is 26.1 Å². The Balaban J connectivity index is 1.46. The van der Waals surface area contributed by atoms with Gasteiger partial charge < -0.3 is 19.7 Å². The molecule has 2 aromatic carbocycles. The molecule has 0 radical (unpaired) electrons. The lowest BCUT2D eigenvalue weighted by Gasteiger charge is -2.08. The molecule has 0 saturated carbocycles. The minimum atomic E-state index is -1.00. The molecule has 0 fully saturated rings. The highest BCUT2D eigenvalue weighted by Crippen LogP contribution is 2.29. The third kappa shape index (κ3) is 5.42. The number of aliphatic carboxylic acids is 1. The first-order chi connectivity index (χ1) is 14.8. The first kappa shape index (κ1) is 22.8. The summed E-state index contributed by atoms with van der Waals surface area (Å²) in [4.78, 5) is 23.2. The number of rotatable bonds is 9. The molecule has 0 saturated heterocycles. The van der Waals surface area contributed by atoms with E-state index in [2.05, 4.69) is 5.32 Å². The van der Waals surface area contributed by atoms with Gasteiger partial charge in [-0.2, -0.15) is 0 Å². The molecule has 2 N–H and O–H groups in total. The zero-order valence-electron chi connectivity index (χ0n) is 17.4. The Morgan fingerprint density at radius 1 is 1.19 bits per heavy atom. The summed E-state index contributed by atoms with van der Waals surface area (Å²) >= 11 is 6.35. The van der Waals surface area contributed by atoms with Gasteiger partial charge in [0, 0.05) is 24.5 Å². The Morgan fingerprint density at radius 2 is 1.97 bits per heavy atom. The summed E-state index contributed by atoms with van der Waals surface area (Å²) in [5.74, 6) is -1.67. The Hall–Kier alpha value is -2.90. The number of nitrogens with zero attached hydrogens (tertiary/aromatic N) is 1. The number of amides is 1. The van der Waals surface area contributed by atoms with Crippen LogP contribution in [0.3, 0.4) is 0 Å². The fourth-order valence-electron chi connectivity index (χ4n) is 3.39. The molecule has 8 heteroatoms. The minimum absolute atomic E-state index is 0.212. The molecule has 1 heterocycles. The number of hydrogen-bond acceptors (Lipinski definition) is 3. The minimum Gasteiger partial charge on any atom is -0.481 e. The molecular weight excluding hydrogens is 423 g/mol. The zero-order valence-corrected chi connectivity index (χ0v) is 18.1. The average Bonchev–Trinajstić information content (AvgIpc) is 3.05. The second-order valence-electron chi connectivity index (χ2n) is 7.33. The van der Waals surface area contributed by atoms with E-state index in [0.717, 1.165) is 16.5 Å². The summed E-state index contributed by atoms with van der Waals surface area (Å²) < 4.78 is 21.3. The smallest absolute Gasteiger partial charge is 0.307 e. The number of benzene rings is 2. The number of hydrogen-bond donors (Lipinski definition) is 2. The number of nitrogens with one attached hydrogen (secondary N) is 1. The zero-order chi connectivity index (χ0) is 22.5. The molecule has 0 spiro atoms. The maximum Gasteiger partial charge on any atom is 0.307 e. The lowest BCUT2D eigenvalue weighted by molar-refractivity contribution is -0.136. The monoisotopic (exact) mass is 446 g/mol. The summed E-state index contributed by atoms with van der Waals surface area (Å²) in [6, 6.07) is 10.0. The van der Waals surface area contributed by atoms with Gasteiger partial charge in [0.05, 0.1) is 24.7 Å². The first-order valence-corrected chi connectivity index (χ1v) is 10.2. The van der Waals surface area contributed by atoms with Crippen LogP contribution in [0, 0.1) is 12.7 Å². The van der Waals surface area contributed by atoms with Crippen molar-refractivity contribution in [3.63, 3.8) is 0 Å². The molecule has 164 valence electrons. The molecule has 1 amide bonds. The number of aromatic nitrogens is 1. The number of halogens is 2. The summed E-state index contributed by atoms with van der Waals surface area (Å²) in [5, 5.41) is 13.0. The van der Waals surface area contributed by atoms with E-state index in [4.69, 9.17) is 21.4 Å². The van der Waals surface area contributed by atoms with Crippen molar-refractivity contribution in [1.82, 2.24) is 9.88 Å². The number of fused-ring (bicyclic) bond motifs is 1. The van der Waals surface area contributed by atoms with E-state index >= 15 is 0 Å². The van der Waals surface area contributed by atoms with Crippen LogP contribution in [0.5, 0.6) is 0 Å². The van der Waals surface area contributed by atoms with E-state index < -0.39 is 11.8 Å². The van der Waals surface area contributed by atoms with Gasteiger partial charge in [0.15, 0.2) is 0 Å². The molecule has 6 nitrogen and oxygen atoms in total. The summed E-state index contributed by atoms with van der Waals surface area (Å²) in [6.45, 7) is 2.80. The molecule has 3 aromatic rings. The Labute approximate surface area is 184 Å². The SMILES string of the molecule is Cc1ccc2c(cc(C(=O)NCCOCCc3ccc(CC(=O)O)cc3F)n2C)c1Cl. The fraction of sp³-hybridized carbons (Fsp3) is 0.304. The van der Waals surface area contributed by atoms with E-state index in [0.29, 0.717) is 34.8 Å².